The summed E-state index contributed by atoms with van der Waals surface area (Å²) in [6.07, 6.45) is 1.11. The Bertz CT molecular complexity index is 568. The van der Waals surface area contributed by atoms with Crippen molar-refractivity contribution >= 4 is 41.3 Å². The number of hydrogen-bond acceptors (Lipinski definition) is 5. The van der Waals surface area contributed by atoms with Crippen LogP contribution in [0.4, 0.5) is 0 Å². The molecule has 0 saturated carbocycles. The summed E-state index contributed by atoms with van der Waals surface area (Å²) < 4.78 is 0. The van der Waals surface area contributed by atoms with Gasteiger partial charge in [0, 0.05) is 24.0 Å². The molecular formula is C14H17IN4S. The topological polar surface area (TPSA) is 49.3 Å². The van der Waals surface area contributed by atoms with Crippen molar-refractivity contribution < 1.29 is 0 Å². The van der Waals surface area contributed by atoms with Gasteiger partial charge in [0.25, 0.3) is 0 Å². The minimum Gasteiger partial charge on any atom is -0.356 e. The van der Waals surface area contributed by atoms with Crippen LogP contribution in [0.25, 0.3) is 10.6 Å². The van der Waals surface area contributed by atoms with Gasteiger partial charge in [-0.15, -0.1) is 35.3 Å². The van der Waals surface area contributed by atoms with Gasteiger partial charge in [0.15, 0.2) is 5.96 Å². The van der Waals surface area contributed by atoms with E-state index in [1.54, 1.807) is 11.3 Å². The Morgan fingerprint density at radius 2 is 2.10 bits per heavy atom. The van der Waals surface area contributed by atoms with E-state index in [1.165, 1.54) is 5.56 Å². The molecule has 1 aliphatic heterocycles. The fourth-order valence-electron chi connectivity index (χ4n) is 1.93. The largest absolute Gasteiger partial charge is 0.356 e. The van der Waals surface area contributed by atoms with Crippen LogP contribution < -0.4 is 10.6 Å². The van der Waals surface area contributed by atoms with Gasteiger partial charge in [-0.2, -0.15) is 0 Å². The van der Waals surface area contributed by atoms with Crippen molar-refractivity contribution in [3.63, 3.8) is 0 Å². The second-order valence-corrected chi connectivity index (χ2v) is 5.23. The van der Waals surface area contributed by atoms with Crippen LogP contribution in [0, 0.1) is 0 Å². The molecule has 0 unspecified atom stereocenters. The highest BCUT2D eigenvalue weighted by atomic mass is 127. The quantitative estimate of drug-likeness (QED) is 0.780. The molecule has 106 valence electrons. The van der Waals surface area contributed by atoms with Crippen molar-refractivity contribution in [2.24, 2.45) is 4.99 Å². The maximum Gasteiger partial charge on any atom is 0.191 e. The van der Waals surface area contributed by atoms with E-state index < -0.39 is 0 Å². The predicted molar refractivity (Wildman–Crippen MR) is 94.7 cm³/mol. The Morgan fingerprint density at radius 3 is 2.85 bits per heavy atom. The minimum absolute atomic E-state index is 0. The van der Waals surface area contributed by atoms with Crippen LogP contribution in [-0.2, 0) is 6.54 Å². The number of guanidine groups is 1. The lowest BCUT2D eigenvalue weighted by Gasteiger charge is -2.15. The van der Waals surface area contributed by atoms with Crippen molar-refractivity contribution in [1.82, 2.24) is 15.6 Å². The van der Waals surface area contributed by atoms with Crippen LogP contribution in [0.15, 0.2) is 40.7 Å². The van der Waals surface area contributed by atoms with Crippen molar-refractivity contribution in [3.8, 4) is 10.6 Å². The van der Waals surface area contributed by atoms with E-state index in [1.807, 2.05) is 18.2 Å². The van der Waals surface area contributed by atoms with Crippen LogP contribution in [-0.4, -0.2) is 24.0 Å². The molecule has 4 nitrogen and oxygen atoms in total. The molecular weight excluding hydrogens is 383 g/mol. The zero-order valence-electron chi connectivity index (χ0n) is 11.0. The maximum absolute atomic E-state index is 4.64. The molecule has 0 bridgehead atoms. The monoisotopic (exact) mass is 400 g/mol. The molecule has 6 heteroatoms. The summed E-state index contributed by atoms with van der Waals surface area (Å²) in [6.45, 7) is 2.62. The zero-order chi connectivity index (χ0) is 12.9. The number of nitrogens with zero attached hydrogens (tertiary/aromatic N) is 2. The number of aliphatic imine (C=N–C) groups is 1. The van der Waals surface area contributed by atoms with Gasteiger partial charge >= 0.3 is 0 Å². The van der Waals surface area contributed by atoms with E-state index in [-0.39, 0.29) is 24.0 Å². The number of aromatic nitrogens is 1. The second kappa shape index (κ2) is 7.58. The molecule has 0 amide bonds. The van der Waals surface area contributed by atoms with Crippen LogP contribution >= 0.6 is 35.3 Å². The number of hydrogen-bond donors (Lipinski definition) is 2. The minimum atomic E-state index is 0. The average Bonchev–Trinajstić information content (AvgIpc) is 2.96. The van der Waals surface area contributed by atoms with E-state index in [0.717, 1.165) is 42.7 Å². The third-order valence-corrected chi connectivity index (χ3v) is 3.85. The van der Waals surface area contributed by atoms with Gasteiger partial charge in [-0.05, 0) is 6.42 Å². The van der Waals surface area contributed by atoms with Gasteiger partial charge in [0.1, 0.15) is 5.01 Å². The molecule has 1 aliphatic rings. The van der Waals surface area contributed by atoms with Crippen LogP contribution in [0.5, 0.6) is 0 Å². The van der Waals surface area contributed by atoms with Gasteiger partial charge in [-0.25, -0.2) is 4.98 Å². The lowest BCUT2D eigenvalue weighted by Crippen LogP contribution is -2.40. The van der Waals surface area contributed by atoms with Gasteiger partial charge in [-0.1, -0.05) is 30.3 Å². The third-order valence-electron chi connectivity index (χ3n) is 2.91. The Labute approximate surface area is 139 Å². The highest BCUT2D eigenvalue weighted by Gasteiger charge is 2.06. The normalized spacial score (nSPS) is 13.9. The summed E-state index contributed by atoms with van der Waals surface area (Å²) in [5, 5.41) is 9.69. The number of halogens is 1. The van der Waals surface area contributed by atoms with Crippen molar-refractivity contribution in [1.29, 1.82) is 0 Å². The number of thiazole rings is 1. The molecule has 20 heavy (non-hydrogen) atoms. The maximum atomic E-state index is 4.64. The Kier molecular flexibility index (Phi) is 5.78. The van der Waals surface area contributed by atoms with Gasteiger partial charge in [0.2, 0.25) is 0 Å². The molecule has 2 aromatic rings. The lowest BCUT2D eigenvalue weighted by atomic mass is 10.2. The molecule has 0 radical (unpaired) electrons. The highest BCUT2D eigenvalue weighted by molar-refractivity contribution is 14.0. The van der Waals surface area contributed by atoms with Gasteiger partial charge < -0.3 is 10.6 Å². The van der Waals surface area contributed by atoms with Crippen LogP contribution in [0.1, 0.15) is 12.1 Å². The standard InChI is InChI=1S/C14H16N4S.HI/c1-2-5-11(6-3-1)13-18-12(10-19-13)9-17-14-15-7-4-8-16-14;/h1-3,5-6,10H,4,7-9H2,(H2,15,16,17);1H. The predicted octanol–water partition coefficient (Wildman–Crippen LogP) is 2.87. The fraction of sp³-hybridized carbons (Fsp3) is 0.286. The smallest absolute Gasteiger partial charge is 0.191 e. The first-order valence-corrected chi connectivity index (χ1v) is 7.32. The first kappa shape index (κ1) is 15.2. The first-order valence-electron chi connectivity index (χ1n) is 6.44. The molecule has 1 aromatic carbocycles. The Morgan fingerprint density at radius 1 is 1.25 bits per heavy atom. The van der Waals surface area contributed by atoms with E-state index in [0.29, 0.717) is 0 Å². The zero-order valence-corrected chi connectivity index (χ0v) is 14.2. The highest BCUT2D eigenvalue weighted by Crippen LogP contribution is 2.23. The average molecular weight is 400 g/mol. The van der Waals surface area contributed by atoms with Crippen molar-refractivity contribution in [3.05, 3.63) is 41.4 Å². The second-order valence-electron chi connectivity index (χ2n) is 4.37. The molecule has 0 fully saturated rings. The molecule has 1 aromatic heterocycles. The van der Waals surface area contributed by atoms with Crippen LogP contribution in [0.2, 0.25) is 0 Å². The third kappa shape index (κ3) is 3.92. The SMILES string of the molecule is I.c1ccc(-c2nc(CNC3=NCCCN3)cs2)cc1. The Balaban J connectivity index is 0.00000147. The van der Waals surface area contributed by atoms with E-state index >= 15 is 0 Å². The molecule has 0 saturated heterocycles. The van der Waals surface area contributed by atoms with Gasteiger partial charge in [0.05, 0.1) is 12.2 Å². The van der Waals surface area contributed by atoms with E-state index in [4.69, 9.17) is 0 Å². The molecule has 2 heterocycles. The molecule has 0 spiro atoms. The Hall–Kier alpha value is -1.15. The molecule has 2 N–H and O–H groups in total. The number of benzene rings is 1. The summed E-state index contributed by atoms with van der Waals surface area (Å²) in [7, 11) is 0. The summed E-state index contributed by atoms with van der Waals surface area (Å²) in [6, 6.07) is 10.3. The molecule has 3 rings (SSSR count). The number of rotatable bonds is 3. The summed E-state index contributed by atoms with van der Waals surface area (Å²) in [5.74, 6) is 0.889. The number of nitrogens with one attached hydrogen (secondary N) is 2. The molecule has 0 atom stereocenters. The summed E-state index contributed by atoms with van der Waals surface area (Å²) in [5.41, 5.74) is 2.23. The molecule has 0 aliphatic carbocycles. The van der Waals surface area contributed by atoms with Crippen molar-refractivity contribution in [2.75, 3.05) is 13.1 Å². The summed E-state index contributed by atoms with van der Waals surface area (Å²) >= 11 is 1.68. The first-order chi connectivity index (χ1) is 9.42. The summed E-state index contributed by atoms with van der Waals surface area (Å²) in [4.78, 5) is 9.02. The van der Waals surface area contributed by atoms with Crippen molar-refractivity contribution in [2.45, 2.75) is 13.0 Å². The van der Waals surface area contributed by atoms with E-state index in [9.17, 15) is 0 Å². The lowest BCUT2D eigenvalue weighted by molar-refractivity contribution is 0.699. The fourth-order valence-corrected chi connectivity index (χ4v) is 2.75. The van der Waals surface area contributed by atoms with E-state index in [2.05, 4.69) is 38.1 Å². The van der Waals surface area contributed by atoms with Gasteiger partial charge in [-0.3, -0.25) is 4.99 Å². The van der Waals surface area contributed by atoms with Crippen LogP contribution in [0.3, 0.4) is 0 Å².